The molecule has 1 aromatic carbocycles. The highest BCUT2D eigenvalue weighted by molar-refractivity contribution is 6.09. The smallest absolute Gasteiger partial charge is 0.219 e. The molecule has 0 saturated carbocycles. The molecule has 9 heteroatoms. The van der Waals surface area contributed by atoms with Crippen molar-refractivity contribution in [1.29, 1.82) is 10.8 Å². The Bertz CT molecular complexity index is 907. The van der Waals surface area contributed by atoms with Crippen molar-refractivity contribution in [3.63, 3.8) is 0 Å². The molecule has 0 spiro atoms. The Balaban J connectivity index is 1.81. The lowest BCUT2D eigenvalue weighted by molar-refractivity contribution is -0.128. The van der Waals surface area contributed by atoms with E-state index in [1.807, 2.05) is 0 Å². The van der Waals surface area contributed by atoms with Crippen LogP contribution < -0.4 is 16.0 Å². The maximum Gasteiger partial charge on any atom is 0.219 e. The van der Waals surface area contributed by atoms with Gasteiger partial charge in [-0.15, -0.1) is 0 Å². The van der Waals surface area contributed by atoms with E-state index in [1.54, 1.807) is 30.3 Å². The number of anilines is 1. The zero-order valence-corrected chi connectivity index (χ0v) is 17.1. The largest absolute Gasteiger partial charge is 0.393 e. The second-order valence-corrected chi connectivity index (χ2v) is 7.25. The molecule has 0 bridgehead atoms. The molecule has 0 atom stereocenters. The van der Waals surface area contributed by atoms with Crippen LogP contribution in [0.2, 0.25) is 0 Å². The molecular weight excluding hydrogens is 387 g/mol. The summed E-state index contributed by atoms with van der Waals surface area (Å²) in [6.45, 7) is 3.60. The maximum atomic E-state index is 14.7. The first-order chi connectivity index (χ1) is 14.4. The summed E-state index contributed by atoms with van der Waals surface area (Å²) >= 11 is 0. The van der Waals surface area contributed by atoms with Gasteiger partial charge in [0.1, 0.15) is 11.7 Å². The Kier molecular flexibility index (Phi) is 6.83. The van der Waals surface area contributed by atoms with Crippen LogP contribution in [0.25, 0.3) is 5.57 Å². The van der Waals surface area contributed by atoms with Gasteiger partial charge < -0.3 is 31.0 Å². The number of hydrogen-bond donors (Lipinski definition) is 5. The summed E-state index contributed by atoms with van der Waals surface area (Å²) in [4.78, 5) is 13.5. The highest BCUT2D eigenvalue weighted by atomic mass is 19.1. The number of ether oxygens (including phenoxy) is 1. The Morgan fingerprint density at radius 3 is 2.70 bits per heavy atom. The maximum absolute atomic E-state index is 14.7. The van der Waals surface area contributed by atoms with Crippen molar-refractivity contribution < 1.29 is 13.9 Å². The fourth-order valence-electron chi connectivity index (χ4n) is 3.36. The average molecular weight is 414 g/mol. The first kappa shape index (κ1) is 21.5. The van der Waals surface area contributed by atoms with Crippen molar-refractivity contribution in [2.24, 2.45) is 0 Å². The number of amidine groups is 1. The lowest BCUT2D eigenvalue weighted by Gasteiger charge is -2.35. The average Bonchev–Trinajstić information content (AvgIpc) is 2.70. The third-order valence-corrected chi connectivity index (χ3v) is 5.13. The Morgan fingerprint density at radius 2 is 2.13 bits per heavy atom. The summed E-state index contributed by atoms with van der Waals surface area (Å²) in [6.07, 6.45) is 3.36. The topological polar surface area (TPSA) is 113 Å². The van der Waals surface area contributed by atoms with E-state index in [1.165, 1.54) is 13.0 Å². The van der Waals surface area contributed by atoms with Crippen molar-refractivity contribution in [1.82, 2.24) is 15.5 Å². The van der Waals surface area contributed by atoms with Crippen LogP contribution in [0.4, 0.5) is 10.1 Å². The van der Waals surface area contributed by atoms with Crippen LogP contribution in [-0.4, -0.2) is 62.3 Å². The van der Waals surface area contributed by atoms with Crippen LogP contribution in [0.5, 0.6) is 0 Å². The second-order valence-electron chi connectivity index (χ2n) is 7.25. The van der Waals surface area contributed by atoms with E-state index < -0.39 is 5.82 Å². The molecule has 160 valence electrons. The van der Waals surface area contributed by atoms with Crippen LogP contribution in [0.3, 0.4) is 0 Å². The predicted octanol–water partition coefficient (Wildman–Crippen LogP) is 1.92. The quantitative estimate of drug-likeness (QED) is 0.346. The Hall–Kier alpha value is -3.20. The number of nitrogens with zero attached hydrogens (tertiary/aromatic N) is 1. The summed E-state index contributed by atoms with van der Waals surface area (Å²) in [5.74, 6) is -0.534. The van der Waals surface area contributed by atoms with Crippen molar-refractivity contribution in [2.45, 2.75) is 19.4 Å². The first-order valence-corrected chi connectivity index (χ1v) is 9.78. The van der Waals surface area contributed by atoms with Gasteiger partial charge in [-0.25, -0.2) is 4.39 Å². The molecule has 0 aliphatic carbocycles. The van der Waals surface area contributed by atoms with Gasteiger partial charge >= 0.3 is 0 Å². The van der Waals surface area contributed by atoms with Gasteiger partial charge in [-0.2, -0.15) is 0 Å². The zero-order chi connectivity index (χ0) is 21.7. The number of allylic oxidation sites excluding steroid dienone is 1. The molecule has 1 fully saturated rings. The van der Waals surface area contributed by atoms with Gasteiger partial charge in [0.25, 0.3) is 0 Å². The predicted molar refractivity (Wildman–Crippen MR) is 115 cm³/mol. The van der Waals surface area contributed by atoms with Gasteiger partial charge in [0.15, 0.2) is 0 Å². The minimum Gasteiger partial charge on any atom is -0.393 e. The monoisotopic (exact) mass is 414 g/mol. The van der Waals surface area contributed by atoms with Crippen LogP contribution in [0.1, 0.15) is 18.9 Å². The fraction of sp³-hybridized carbons (Fsp3) is 0.381. The molecule has 1 amide bonds. The highest BCUT2D eigenvalue weighted by Crippen LogP contribution is 2.23. The lowest BCUT2D eigenvalue weighted by Crippen LogP contribution is -2.49. The van der Waals surface area contributed by atoms with Gasteiger partial charge in [0.2, 0.25) is 5.91 Å². The van der Waals surface area contributed by atoms with Crippen LogP contribution >= 0.6 is 0 Å². The van der Waals surface area contributed by atoms with Crippen LogP contribution in [0.15, 0.2) is 35.7 Å². The summed E-state index contributed by atoms with van der Waals surface area (Å²) < 4.78 is 19.9. The van der Waals surface area contributed by atoms with Gasteiger partial charge in [-0.3, -0.25) is 10.2 Å². The van der Waals surface area contributed by atoms with Crippen LogP contribution in [0, 0.1) is 16.6 Å². The molecule has 3 rings (SSSR count). The van der Waals surface area contributed by atoms with E-state index in [-0.39, 0.29) is 23.5 Å². The van der Waals surface area contributed by atoms with Gasteiger partial charge in [-0.05, 0) is 17.7 Å². The zero-order valence-electron chi connectivity index (χ0n) is 17.1. The number of benzene rings is 1. The van der Waals surface area contributed by atoms with E-state index in [0.717, 1.165) is 11.9 Å². The number of hydrogen-bond acceptors (Lipinski definition) is 6. The molecule has 5 N–H and O–H groups in total. The number of amides is 1. The number of rotatable bonds is 7. The van der Waals surface area contributed by atoms with Crippen LogP contribution in [-0.2, 0) is 9.53 Å². The molecular formula is C21H27FN6O2. The molecule has 8 nitrogen and oxygen atoms in total. The van der Waals surface area contributed by atoms with Gasteiger partial charge in [0.05, 0.1) is 31.5 Å². The molecule has 0 aromatic heterocycles. The van der Waals surface area contributed by atoms with E-state index >= 15 is 0 Å². The van der Waals surface area contributed by atoms with Crippen molar-refractivity contribution in [2.75, 3.05) is 38.7 Å². The summed E-state index contributed by atoms with van der Waals surface area (Å²) in [5, 5.41) is 25.1. The summed E-state index contributed by atoms with van der Waals surface area (Å²) in [7, 11) is 1.71. The Morgan fingerprint density at radius 1 is 1.37 bits per heavy atom. The van der Waals surface area contributed by atoms with E-state index in [4.69, 9.17) is 15.6 Å². The minimum absolute atomic E-state index is 0.0494. The SMILES string of the molecule is CN/C=C(\C=N)c1ccc(NC(=N)C2=C(NC3COC3)CCN(C(C)=O)C2)c(F)c1. The molecule has 2 heterocycles. The summed E-state index contributed by atoms with van der Waals surface area (Å²) in [6, 6.07) is 4.76. The first-order valence-electron chi connectivity index (χ1n) is 9.78. The molecule has 0 unspecified atom stereocenters. The number of nitrogens with one attached hydrogen (secondary N) is 5. The molecule has 0 radical (unpaired) electrons. The van der Waals surface area contributed by atoms with E-state index in [2.05, 4.69) is 16.0 Å². The standard InChI is InChI=1S/C21H27FN6O2/c1-13(29)28-6-5-19(26-16-11-30-12-16)17(10-28)21(24)27-20-4-3-14(7-18(20)22)15(8-23)9-25-2/h3-4,7-9,16,23,25-26H,5-6,10-12H2,1-2H3,(H2,24,27)/b15-9+,23-8?. The number of carbonyl (C=O) groups excluding carboxylic acids is 1. The third-order valence-electron chi connectivity index (χ3n) is 5.13. The Labute approximate surface area is 175 Å². The second kappa shape index (κ2) is 9.53. The molecule has 30 heavy (non-hydrogen) atoms. The van der Waals surface area contributed by atoms with Crippen molar-refractivity contribution >= 4 is 29.2 Å². The highest BCUT2D eigenvalue weighted by Gasteiger charge is 2.27. The van der Waals surface area contributed by atoms with Crippen molar-refractivity contribution in [3.05, 3.63) is 47.0 Å². The van der Waals surface area contributed by atoms with E-state index in [9.17, 15) is 9.18 Å². The lowest BCUT2D eigenvalue weighted by atomic mass is 10.0. The van der Waals surface area contributed by atoms with E-state index in [0.29, 0.717) is 49.4 Å². The molecule has 1 aromatic rings. The summed E-state index contributed by atoms with van der Waals surface area (Å²) in [5.41, 5.74) is 2.79. The minimum atomic E-state index is -0.525. The fourth-order valence-corrected chi connectivity index (χ4v) is 3.36. The number of carbonyl (C=O) groups is 1. The third kappa shape index (κ3) is 4.85. The van der Waals surface area contributed by atoms with Crippen molar-refractivity contribution in [3.8, 4) is 0 Å². The normalized spacial score (nSPS) is 17.3. The van der Waals surface area contributed by atoms with Gasteiger partial charge in [0, 0.05) is 56.2 Å². The molecule has 2 aliphatic heterocycles. The molecule has 1 saturated heterocycles. The molecule has 2 aliphatic rings. The number of halogens is 1. The van der Waals surface area contributed by atoms with Gasteiger partial charge in [-0.1, -0.05) is 6.07 Å².